The average molecular weight is 264 g/mol. The monoisotopic (exact) mass is 263 g/mol. The Bertz CT molecular complexity index is 595. The smallest absolute Gasteiger partial charge is 0.337 e. The third kappa shape index (κ3) is 1.59. The Morgan fingerprint density at radius 3 is 3.11 bits per heavy atom. The number of carbonyl (C=O) groups is 1. The molecule has 92 valence electrons. The Balaban J connectivity index is 2.10. The molecule has 0 aliphatic carbocycles. The molecule has 0 N–H and O–H groups in total. The van der Waals surface area contributed by atoms with E-state index in [0.29, 0.717) is 28.8 Å². The van der Waals surface area contributed by atoms with Gasteiger partial charge in [0.05, 0.1) is 30.6 Å². The number of methoxy groups -OCH3 is 1. The fraction of sp³-hybridized carbons (Fsp3) is 0.250. The fourth-order valence-corrected chi connectivity index (χ4v) is 2.35. The summed E-state index contributed by atoms with van der Waals surface area (Å²) in [7, 11) is 1.35. The molecule has 0 amide bonds. The number of halogens is 1. The third-order valence-electron chi connectivity index (χ3n) is 2.93. The number of fused-ring (bicyclic) bond motifs is 3. The second-order valence-corrected chi connectivity index (χ2v) is 4.31. The van der Waals surface area contributed by atoms with Crippen molar-refractivity contribution in [1.82, 2.24) is 0 Å². The number of benzene rings is 1. The van der Waals surface area contributed by atoms with Gasteiger partial charge in [-0.3, -0.25) is 4.99 Å². The van der Waals surface area contributed by atoms with Crippen molar-refractivity contribution in [3.63, 3.8) is 0 Å². The molecule has 18 heavy (non-hydrogen) atoms. The molecule has 0 spiro atoms. The minimum atomic E-state index is -0.384. The summed E-state index contributed by atoms with van der Waals surface area (Å²) in [5.74, 6) is 0.319. The number of rotatable bonds is 1. The molecule has 0 fully saturated rings. The quantitative estimate of drug-likeness (QED) is 0.728. The van der Waals surface area contributed by atoms with E-state index in [1.807, 2.05) is 11.0 Å². The molecular formula is C12H10ClN3O2. The van der Waals surface area contributed by atoms with Crippen LogP contribution in [-0.2, 0) is 4.74 Å². The van der Waals surface area contributed by atoms with Gasteiger partial charge in [-0.1, -0.05) is 11.6 Å². The first-order valence-electron chi connectivity index (χ1n) is 5.49. The van der Waals surface area contributed by atoms with Gasteiger partial charge in [0.2, 0.25) is 0 Å². The maximum absolute atomic E-state index is 11.5. The van der Waals surface area contributed by atoms with Crippen molar-refractivity contribution in [2.24, 2.45) is 9.98 Å². The Hall–Kier alpha value is -1.88. The molecule has 1 aromatic carbocycles. The molecule has 5 nitrogen and oxygen atoms in total. The molecule has 0 saturated heterocycles. The van der Waals surface area contributed by atoms with Gasteiger partial charge in [-0.2, -0.15) is 0 Å². The van der Waals surface area contributed by atoms with Crippen LogP contribution in [0.15, 0.2) is 28.2 Å². The van der Waals surface area contributed by atoms with Crippen molar-refractivity contribution >= 4 is 40.0 Å². The standard InChI is InChI=1S/C12H10ClN3O2/c1-18-12(17)7-2-3-9-8(6-7)15-10(13)11-14-4-5-16(9)11/h2-3,6H,4-5H2,1H3. The SMILES string of the molecule is COC(=O)c1ccc2c(c1)N=C(Cl)C1=NCCN12. The number of hydrogen-bond donors (Lipinski definition) is 0. The summed E-state index contributed by atoms with van der Waals surface area (Å²) in [5, 5.41) is 0.363. The van der Waals surface area contributed by atoms with Crippen LogP contribution in [0, 0.1) is 0 Å². The highest BCUT2D eigenvalue weighted by atomic mass is 35.5. The van der Waals surface area contributed by atoms with E-state index in [-0.39, 0.29) is 5.97 Å². The van der Waals surface area contributed by atoms with Gasteiger partial charge in [0.1, 0.15) is 0 Å². The van der Waals surface area contributed by atoms with Gasteiger partial charge in [-0.15, -0.1) is 0 Å². The molecule has 3 rings (SSSR count). The summed E-state index contributed by atoms with van der Waals surface area (Å²) >= 11 is 6.07. The summed E-state index contributed by atoms with van der Waals surface area (Å²) in [5.41, 5.74) is 2.05. The minimum absolute atomic E-state index is 0.363. The van der Waals surface area contributed by atoms with Crippen molar-refractivity contribution in [3.8, 4) is 0 Å². The van der Waals surface area contributed by atoms with Gasteiger partial charge < -0.3 is 9.64 Å². The van der Waals surface area contributed by atoms with E-state index in [2.05, 4.69) is 14.7 Å². The highest BCUT2D eigenvalue weighted by Crippen LogP contribution is 2.35. The number of aliphatic imine (C=N–C) groups is 2. The number of ether oxygens (including phenoxy) is 1. The van der Waals surface area contributed by atoms with Crippen molar-refractivity contribution in [2.75, 3.05) is 25.1 Å². The second-order valence-electron chi connectivity index (χ2n) is 3.95. The fourth-order valence-electron chi connectivity index (χ4n) is 2.10. The lowest BCUT2D eigenvalue weighted by molar-refractivity contribution is 0.0601. The maximum atomic E-state index is 11.5. The number of hydrogen-bond acceptors (Lipinski definition) is 5. The molecule has 2 heterocycles. The maximum Gasteiger partial charge on any atom is 0.337 e. The molecule has 6 heteroatoms. The largest absolute Gasteiger partial charge is 0.465 e. The van der Waals surface area contributed by atoms with E-state index >= 15 is 0 Å². The van der Waals surface area contributed by atoms with Gasteiger partial charge in [0.15, 0.2) is 11.0 Å². The van der Waals surface area contributed by atoms with Gasteiger partial charge in [0.25, 0.3) is 0 Å². The molecule has 0 bridgehead atoms. The van der Waals surface area contributed by atoms with Crippen LogP contribution in [0.4, 0.5) is 11.4 Å². The Kier molecular flexibility index (Phi) is 2.56. The molecule has 0 radical (unpaired) electrons. The second kappa shape index (κ2) is 4.10. The molecule has 0 unspecified atom stereocenters. The van der Waals surface area contributed by atoms with Gasteiger partial charge in [-0.05, 0) is 18.2 Å². The zero-order chi connectivity index (χ0) is 12.7. The van der Waals surface area contributed by atoms with Crippen LogP contribution in [0.1, 0.15) is 10.4 Å². The number of anilines is 1. The molecule has 0 aromatic heterocycles. The number of esters is 1. The summed E-state index contributed by atoms with van der Waals surface area (Å²) in [4.78, 5) is 22.0. The first-order chi connectivity index (χ1) is 8.70. The van der Waals surface area contributed by atoms with E-state index < -0.39 is 0 Å². The first kappa shape index (κ1) is 11.2. The van der Waals surface area contributed by atoms with Crippen LogP contribution >= 0.6 is 11.6 Å². The van der Waals surface area contributed by atoms with Gasteiger partial charge in [-0.25, -0.2) is 9.79 Å². The van der Waals surface area contributed by atoms with Crippen molar-refractivity contribution in [2.45, 2.75) is 0 Å². The summed E-state index contributed by atoms with van der Waals surface area (Å²) in [6, 6.07) is 5.24. The van der Waals surface area contributed by atoms with Crippen LogP contribution in [0.2, 0.25) is 0 Å². The van der Waals surface area contributed by atoms with E-state index in [9.17, 15) is 4.79 Å². The normalized spacial score (nSPS) is 16.7. The van der Waals surface area contributed by atoms with Crippen LogP contribution in [0.5, 0.6) is 0 Å². The summed E-state index contributed by atoms with van der Waals surface area (Å²) in [6.07, 6.45) is 0. The van der Waals surface area contributed by atoms with Crippen molar-refractivity contribution in [3.05, 3.63) is 23.8 Å². The van der Waals surface area contributed by atoms with E-state index in [4.69, 9.17) is 11.6 Å². The Morgan fingerprint density at radius 1 is 1.50 bits per heavy atom. The predicted octanol–water partition coefficient (Wildman–Crippen LogP) is 1.97. The third-order valence-corrected chi connectivity index (χ3v) is 3.18. The van der Waals surface area contributed by atoms with Crippen molar-refractivity contribution in [1.29, 1.82) is 0 Å². The van der Waals surface area contributed by atoms with E-state index in [1.165, 1.54) is 7.11 Å². The van der Waals surface area contributed by atoms with Crippen LogP contribution in [0.25, 0.3) is 0 Å². The lowest BCUT2D eigenvalue weighted by Crippen LogP contribution is -2.33. The number of amidine groups is 1. The highest BCUT2D eigenvalue weighted by molar-refractivity contribution is 6.85. The zero-order valence-electron chi connectivity index (χ0n) is 9.68. The number of carbonyl (C=O) groups excluding carboxylic acids is 1. The average Bonchev–Trinajstić information content (AvgIpc) is 2.87. The molecule has 0 saturated carbocycles. The zero-order valence-corrected chi connectivity index (χ0v) is 10.4. The summed E-state index contributed by atoms with van der Waals surface area (Å²) < 4.78 is 4.68. The highest BCUT2D eigenvalue weighted by Gasteiger charge is 2.28. The molecule has 0 atom stereocenters. The van der Waals surface area contributed by atoms with Gasteiger partial charge in [0, 0.05) is 6.54 Å². The minimum Gasteiger partial charge on any atom is -0.465 e. The molecule has 2 aliphatic rings. The van der Waals surface area contributed by atoms with E-state index in [0.717, 1.165) is 12.2 Å². The van der Waals surface area contributed by atoms with E-state index in [1.54, 1.807) is 12.1 Å². The molecular weight excluding hydrogens is 254 g/mol. The summed E-state index contributed by atoms with van der Waals surface area (Å²) in [6.45, 7) is 1.49. The Labute approximate surface area is 109 Å². The predicted molar refractivity (Wildman–Crippen MR) is 70.4 cm³/mol. The first-order valence-corrected chi connectivity index (χ1v) is 5.87. The Morgan fingerprint density at radius 2 is 2.33 bits per heavy atom. The lowest BCUT2D eigenvalue weighted by atomic mass is 10.1. The number of nitrogens with zero attached hydrogens (tertiary/aromatic N) is 3. The topological polar surface area (TPSA) is 54.3 Å². The van der Waals surface area contributed by atoms with Gasteiger partial charge >= 0.3 is 5.97 Å². The molecule has 2 aliphatic heterocycles. The van der Waals surface area contributed by atoms with Crippen LogP contribution in [-0.4, -0.2) is 37.2 Å². The lowest BCUT2D eigenvalue weighted by Gasteiger charge is -2.25. The molecule has 1 aromatic rings. The van der Waals surface area contributed by atoms with Crippen molar-refractivity contribution < 1.29 is 9.53 Å². The van der Waals surface area contributed by atoms with Crippen LogP contribution < -0.4 is 4.90 Å². The van der Waals surface area contributed by atoms with Crippen LogP contribution in [0.3, 0.4) is 0 Å².